The van der Waals surface area contributed by atoms with E-state index < -0.39 is 11.4 Å². The highest BCUT2D eigenvalue weighted by atomic mass is 19.1. The summed E-state index contributed by atoms with van der Waals surface area (Å²) in [5.74, 6) is -1.13. The monoisotopic (exact) mass is 321 g/mol. The third kappa shape index (κ3) is 4.53. The number of carbonyl (C=O) groups is 2. The van der Waals surface area contributed by atoms with Gasteiger partial charge in [0.15, 0.2) is 0 Å². The summed E-state index contributed by atoms with van der Waals surface area (Å²) in [5.41, 5.74) is 0.154. The Morgan fingerprint density at radius 3 is 2.57 bits per heavy atom. The van der Waals surface area contributed by atoms with Crippen LogP contribution in [0.25, 0.3) is 0 Å². The maximum Gasteiger partial charge on any atom is 0.303 e. The summed E-state index contributed by atoms with van der Waals surface area (Å²) in [7, 11) is 0. The molecule has 1 aromatic carbocycles. The molecule has 1 aliphatic carbocycles. The van der Waals surface area contributed by atoms with Gasteiger partial charge >= 0.3 is 5.97 Å². The van der Waals surface area contributed by atoms with Gasteiger partial charge in [0.25, 0.3) is 0 Å². The number of nitrogens with one attached hydrogen (secondary N) is 1. The molecular weight excluding hydrogens is 297 g/mol. The SMILES string of the molecule is O=C(O)CCCCCNC(=O)C1(c2cccc(F)c2)CCCC1. The smallest absolute Gasteiger partial charge is 0.303 e. The topological polar surface area (TPSA) is 66.4 Å². The number of carboxylic acids is 1. The van der Waals surface area contributed by atoms with Gasteiger partial charge in [-0.15, -0.1) is 0 Å². The average molecular weight is 321 g/mol. The molecule has 0 aromatic heterocycles. The number of aliphatic carboxylic acids is 1. The molecule has 2 N–H and O–H groups in total. The van der Waals surface area contributed by atoms with Crippen molar-refractivity contribution in [3.05, 3.63) is 35.6 Å². The molecule has 0 saturated heterocycles. The third-order valence-electron chi connectivity index (χ3n) is 4.62. The van der Waals surface area contributed by atoms with Gasteiger partial charge in [-0.3, -0.25) is 9.59 Å². The zero-order chi connectivity index (χ0) is 16.7. The number of halogens is 1. The Hall–Kier alpha value is -1.91. The number of hydrogen-bond acceptors (Lipinski definition) is 2. The number of hydrogen-bond donors (Lipinski definition) is 2. The predicted octanol–water partition coefficient (Wildman–Crippen LogP) is 3.40. The van der Waals surface area contributed by atoms with E-state index in [0.717, 1.165) is 44.1 Å². The lowest BCUT2D eigenvalue weighted by molar-refractivity contribution is -0.137. The van der Waals surface area contributed by atoms with Gasteiger partial charge in [-0.25, -0.2) is 4.39 Å². The highest BCUT2D eigenvalue weighted by molar-refractivity contribution is 5.88. The molecule has 4 nitrogen and oxygen atoms in total. The van der Waals surface area contributed by atoms with Gasteiger partial charge in [-0.1, -0.05) is 31.4 Å². The minimum atomic E-state index is -0.787. The standard InChI is InChI=1S/C18H24FNO3/c19-15-8-6-7-14(13-15)18(10-3-4-11-18)17(23)20-12-5-1-2-9-16(21)22/h6-8,13H,1-5,9-12H2,(H,20,23)(H,21,22). The van der Waals surface area contributed by atoms with Crippen LogP contribution in [0.1, 0.15) is 56.9 Å². The van der Waals surface area contributed by atoms with Crippen molar-refractivity contribution in [2.24, 2.45) is 0 Å². The fourth-order valence-electron chi connectivity index (χ4n) is 3.36. The van der Waals surface area contributed by atoms with Crippen molar-refractivity contribution in [1.29, 1.82) is 0 Å². The Morgan fingerprint density at radius 1 is 1.17 bits per heavy atom. The van der Waals surface area contributed by atoms with Crippen molar-refractivity contribution in [3.8, 4) is 0 Å². The van der Waals surface area contributed by atoms with Crippen LogP contribution >= 0.6 is 0 Å². The predicted molar refractivity (Wildman–Crippen MR) is 85.7 cm³/mol. The highest BCUT2D eigenvalue weighted by Gasteiger charge is 2.42. The van der Waals surface area contributed by atoms with Crippen LogP contribution in [0.4, 0.5) is 4.39 Å². The molecule has 5 heteroatoms. The molecule has 0 heterocycles. The van der Waals surface area contributed by atoms with E-state index in [1.165, 1.54) is 12.1 Å². The fourth-order valence-corrected chi connectivity index (χ4v) is 3.36. The first kappa shape index (κ1) is 17.4. The molecule has 126 valence electrons. The number of carbonyl (C=O) groups excluding carboxylic acids is 1. The van der Waals surface area contributed by atoms with Crippen LogP contribution in [0.3, 0.4) is 0 Å². The van der Waals surface area contributed by atoms with Gasteiger partial charge in [-0.2, -0.15) is 0 Å². The van der Waals surface area contributed by atoms with E-state index in [4.69, 9.17) is 5.11 Å². The van der Waals surface area contributed by atoms with Crippen molar-refractivity contribution in [2.45, 2.75) is 56.8 Å². The number of carboxylic acid groups (broad SMARTS) is 1. The van der Waals surface area contributed by atoms with E-state index in [9.17, 15) is 14.0 Å². The van der Waals surface area contributed by atoms with Crippen LogP contribution in [0.15, 0.2) is 24.3 Å². The quantitative estimate of drug-likeness (QED) is 0.721. The van der Waals surface area contributed by atoms with Crippen LogP contribution in [0.5, 0.6) is 0 Å². The molecule has 2 rings (SSSR count). The van der Waals surface area contributed by atoms with Crippen LogP contribution < -0.4 is 5.32 Å². The summed E-state index contributed by atoms with van der Waals surface area (Å²) < 4.78 is 13.5. The second-order valence-corrected chi connectivity index (χ2v) is 6.26. The fraction of sp³-hybridized carbons (Fsp3) is 0.556. The second kappa shape index (κ2) is 8.09. The third-order valence-corrected chi connectivity index (χ3v) is 4.62. The average Bonchev–Trinajstić information content (AvgIpc) is 3.01. The lowest BCUT2D eigenvalue weighted by atomic mass is 9.78. The van der Waals surface area contributed by atoms with Gasteiger partial charge in [-0.05, 0) is 43.4 Å². The molecule has 0 bridgehead atoms. The normalized spacial score (nSPS) is 16.2. The largest absolute Gasteiger partial charge is 0.481 e. The number of benzene rings is 1. The van der Waals surface area contributed by atoms with Gasteiger partial charge in [0.05, 0.1) is 5.41 Å². The maximum absolute atomic E-state index is 13.5. The first-order valence-electron chi connectivity index (χ1n) is 8.31. The molecule has 1 amide bonds. The minimum absolute atomic E-state index is 0.0289. The Kier molecular flexibility index (Phi) is 6.13. The first-order valence-corrected chi connectivity index (χ1v) is 8.31. The molecule has 1 aliphatic rings. The van der Waals surface area contributed by atoms with Crippen molar-refractivity contribution in [2.75, 3.05) is 6.54 Å². The zero-order valence-electron chi connectivity index (χ0n) is 13.3. The number of rotatable bonds is 8. The summed E-state index contributed by atoms with van der Waals surface area (Å²) in [6, 6.07) is 6.36. The summed E-state index contributed by atoms with van der Waals surface area (Å²) in [6.07, 6.45) is 5.78. The Labute approximate surface area is 136 Å². The number of unbranched alkanes of at least 4 members (excludes halogenated alkanes) is 2. The van der Waals surface area contributed by atoms with Gasteiger partial charge in [0.2, 0.25) is 5.91 Å². The Balaban J connectivity index is 1.90. The Bertz CT molecular complexity index is 553. The molecular formula is C18H24FNO3. The van der Waals surface area contributed by atoms with Gasteiger partial charge in [0, 0.05) is 13.0 Å². The zero-order valence-corrected chi connectivity index (χ0v) is 13.3. The molecule has 23 heavy (non-hydrogen) atoms. The maximum atomic E-state index is 13.5. The minimum Gasteiger partial charge on any atom is -0.481 e. The molecule has 1 aromatic rings. The van der Waals surface area contributed by atoms with Crippen molar-refractivity contribution < 1.29 is 19.1 Å². The molecule has 1 saturated carbocycles. The van der Waals surface area contributed by atoms with Crippen LogP contribution in [0, 0.1) is 5.82 Å². The van der Waals surface area contributed by atoms with E-state index in [-0.39, 0.29) is 18.1 Å². The lowest BCUT2D eigenvalue weighted by Crippen LogP contribution is -2.43. The van der Waals surface area contributed by atoms with Crippen LogP contribution in [-0.4, -0.2) is 23.5 Å². The van der Waals surface area contributed by atoms with Gasteiger partial charge in [0.1, 0.15) is 5.82 Å². The molecule has 0 aliphatic heterocycles. The summed E-state index contributed by atoms with van der Waals surface area (Å²) in [6.45, 7) is 0.537. The van der Waals surface area contributed by atoms with E-state index in [1.54, 1.807) is 6.07 Å². The van der Waals surface area contributed by atoms with Crippen LogP contribution in [-0.2, 0) is 15.0 Å². The molecule has 0 unspecified atom stereocenters. The molecule has 0 atom stereocenters. The van der Waals surface area contributed by atoms with Crippen molar-refractivity contribution >= 4 is 11.9 Å². The highest BCUT2D eigenvalue weighted by Crippen LogP contribution is 2.41. The van der Waals surface area contributed by atoms with Crippen molar-refractivity contribution in [3.63, 3.8) is 0 Å². The summed E-state index contributed by atoms with van der Waals surface area (Å²) in [5, 5.41) is 11.5. The van der Waals surface area contributed by atoms with Crippen LogP contribution in [0.2, 0.25) is 0 Å². The van der Waals surface area contributed by atoms with E-state index >= 15 is 0 Å². The second-order valence-electron chi connectivity index (χ2n) is 6.26. The van der Waals surface area contributed by atoms with E-state index in [2.05, 4.69) is 5.32 Å². The van der Waals surface area contributed by atoms with E-state index in [1.807, 2.05) is 6.07 Å². The first-order chi connectivity index (χ1) is 11.0. The van der Waals surface area contributed by atoms with Crippen molar-refractivity contribution in [1.82, 2.24) is 5.32 Å². The lowest BCUT2D eigenvalue weighted by Gasteiger charge is -2.28. The van der Waals surface area contributed by atoms with E-state index in [0.29, 0.717) is 13.0 Å². The summed E-state index contributed by atoms with van der Waals surface area (Å²) >= 11 is 0. The summed E-state index contributed by atoms with van der Waals surface area (Å²) in [4.78, 5) is 23.1. The Morgan fingerprint density at radius 2 is 1.91 bits per heavy atom. The number of amides is 1. The molecule has 0 spiro atoms. The molecule has 0 radical (unpaired) electrons. The molecule has 1 fully saturated rings. The van der Waals surface area contributed by atoms with Gasteiger partial charge < -0.3 is 10.4 Å².